The minimum atomic E-state index is -0.141. The first kappa shape index (κ1) is 12.1. The summed E-state index contributed by atoms with van der Waals surface area (Å²) in [5.74, 6) is -0.0822. The molecule has 1 heterocycles. The maximum absolute atomic E-state index is 11.5. The second-order valence-corrected chi connectivity index (χ2v) is 4.45. The Hall–Kier alpha value is -0.940. The maximum atomic E-state index is 11.5. The van der Waals surface area contributed by atoms with Gasteiger partial charge in [-0.05, 0) is 13.3 Å². The van der Waals surface area contributed by atoms with Crippen LogP contribution in [0.5, 0.6) is 0 Å². The summed E-state index contributed by atoms with van der Waals surface area (Å²) < 4.78 is 0. The van der Waals surface area contributed by atoms with E-state index in [1.165, 1.54) is 11.3 Å². The predicted molar refractivity (Wildman–Crippen MR) is 59.9 cm³/mol. The minimum absolute atomic E-state index is 0.0155. The number of aromatic nitrogens is 1. The third-order valence-corrected chi connectivity index (χ3v) is 2.91. The molecule has 4 nitrogen and oxygen atoms in total. The SMILES string of the molecule is CC[C@H](CO)NC(=O)Cc1csc(C)n1. The maximum Gasteiger partial charge on any atom is 0.226 e. The van der Waals surface area contributed by atoms with Crippen LogP contribution < -0.4 is 5.32 Å². The Morgan fingerprint density at radius 2 is 2.47 bits per heavy atom. The molecule has 1 amide bonds. The number of aliphatic hydroxyl groups excluding tert-OH is 1. The molecule has 0 aliphatic heterocycles. The summed E-state index contributed by atoms with van der Waals surface area (Å²) in [5, 5.41) is 14.5. The third-order valence-electron chi connectivity index (χ3n) is 2.09. The molecule has 0 aromatic carbocycles. The molecule has 0 spiro atoms. The molecule has 5 heteroatoms. The van der Waals surface area contributed by atoms with Gasteiger partial charge >= 0.3 is 0 Å². The van der Waals surface area contributed by atoms with Crippen molar-refractivity contribution in [2.75, 3.05) is 6.61 Å². The van der Waals surface area contributed by atoms with Crippen molar-refractivity contribution < 1.29 is 9.90 Å². The molecule has 1 atom stereocenters. The molecule has 84 valence electrons. The monoisotopic (exact) mass is 228 g/mol. The van der Waals surface area contributed by atoms with Crippen molar-refractivity contribution in [3.8, 4) is 0 Å². The van der Waals surface area contributed by atoms with Crippen LogP contribution in [-0.2, 0) is 11.2 Å². The fourth-order valence-electron chi connectivity index (χ4n) is 1.21. The number of aliphatic hydroxyl groups is 1. The summed E-state index contributed by atoms with van der Waals surface area (Å²) >= 11 is 1.54. The molecule has 0 aliphatic carbocycles. The quantitative estimate of drug-likeness (QED) is 0.786. The van der Waals surface area contributed by atoms with E-state index in [0.717, 1.165) is 17.1 Å². The first-order valence-electron chi connectivity index (χ1n) is 4.97. The Kier molecular flexibility index (Phi) is 4.71. The Morgan fingerprint density at radius 1 is 1.73 bits per heavy atom. The van der Waals surface area contributed by atoms with Crippen LogP contribution in [0, 0.1) is 6.92 Å². The molecule has 0 aliphatic rings. The van der Waals surface area contributed by atoms with Crippen LogP contribution in [0.2, 0.25) is 0 Å². The first-order chi connectivity index (χ1) is 7.15. The van der Waals surface area contributed by atoms with Gasteiger partial charge in [0.05, 0.1) is 29.8 Å². The van der Waals surface area contributed by atoms with E-state index in [4.69, 9.17) is 5.11 Å². The number of amides is 1. The largest absolute Gasteiger partial charge is 0.394 e. The second kappa shape index (κ2) is 5.82. The number of carbonyl (C=O) groups is 1. The lowest BCUT2D eigenvalue weighted by atomic mass is 10.2. The van der Waals surface area contributed by atoms with Gasteiger partial charge in [-0.3, -0.25) is 4.79 Å². The lowest BCUT2D eigenvalue weighted by molar-refractivity contribution is -0.121. The molecule has 0 radical (unpaired) electrons. The molecule has 1 rings (SSSR count). The van der Waals surface area contributed by atoms with Crippen LogP contribution in [0.15, 0.2) is 5.38 Å². The fourth-order valence-corrected chi connectivity index (χ4v) is 1.82. The minimum Gasteiger partial charge on any atom is -0.394 e. The average Bonchev–Trinajstić information content (AvgIpc) is 2.60. The van der Waals surface area contributed by atoms with Crippen molar-refractivity contribution in [2.24, 2.45) is 0 Å². The predicted octanol–water partition coefficient (Wildman–Crippen LogP) is 0.881. The van der Waals surface area contributed by atoms with E-state index < -0.39 is 0 Å². The molecule has 0 unspecified atom stereocenters. The zero-order chi connectivity index (χ0) is 11.3. The summed E-state index contributed by atoms with van der Waals surface area (Å²) in [7, 11) is 0. The molecular formula is C10H16N2O2S. The Balaban J connectivity index is 2.42. The van der Waals surface area contributed by atoms with Gasteiger partial charge in [0.1, 0.15) is 0 Å². The van der Waals surface area contributed by atoms with Crippen molar-refractivity contribution in [1.82, 2.24) is 10.3 Å². The Bertz CT molecular complexity index is 321. The van der Waals surface area contributed by atoms with Crippen molar-refractivity contribution in [1.29, 1.82) is 0 Å². The van der Waals surface area contributed by atoms with Gasteiger partial charge in [-0.1, -0.05) is 6.92 Å². The fraction of sp³-hybridized carbons (Fsp3) is 0.600. The van der Waals surface area contributed by atoms with Gasteiger partial charge in [0.2, 0.25) is 5.91 Å². The molecule has 0 saturated carbocycles. The van der Waals surface area contributed by atoms with Gasteiger partial charge in [0.15, 0.2) is 0 Å². The van der Waals surface area contributed by atoms with E-state index in [0.29, 0.717) is 6.42 Å². The number of rotatable bonds is 5. The van der Waals surface area contributed by atoms with E-state index in [9.17, 15) is 4.79 Å². The standard InChI is InChI=1S/C10H16N2O2S/c1-3-8(5-13)12-10(14)4-9-6-15-7(2)11-9/h6,8,13H,3-5H2,1-2H3,(H,12,14)/t8-/m1/s1. The highest BCUT2D eigenvalue weighted by molar-refractivity contribution is 7.09. The van der Waals surface area contributed by atoms with Gasteiger partial charge in [-0.25, -0.2) is 4.98 Å². The average molecular weight is 228 g/mol. The summed E-state index contributed by atoms with van der Waals surface area (Å²) in [5.41, 5.74) is 0.794. The van der Waals surface area contributed by atoms with Crippen molar-refractivity contribution >= 4 is 17.2 Å². The highest BCUT2D eigenvalue weighted by atomic mass is 32.1. The normalized spacial score (nSPS) is 12.5. The molecule has 1 aromatic heterocycles. The Labute approximate surface area is 93.4 Å². The number of nitrogens with one attached hydrogen (secondary N) is 1. The van der Waals surface area contributed by atoms with Crippen molar-refractivity contribution in [3.63, 3.8) is 0 Å². The molecule has 15 heavy (non-hydrogen) atoms. The molecule has 2 N–H and O–H groups in total. The smallest absolute Gasteiger partial charge is 0.226 e. The van der Waals surface area contributed by atoms with Crippen LogP contribution in [-0.4, -0.2) is 28.6 Å². The van der Waals surface area contributed by atoms with Crippen LogP contribution in [0.25, 0.3) is 0 Å². The van der Waals surface area contributed by atoms with E-state index in [-0.39, 0.29) is 18.6 Å². The van der Waals surface area contributed by atoms with E-state index in [2.05, 4.69) is 10.3 Å². The van der Waals surface area contributed by atoms with Crippen LogP contribution in [0.4, 0.5) is 0 Å². The van der Waals surface area contributed by atoms with Crippen LogP contribution in [0.3, 0.4) is 0 Å². The van der Waals surface area contributed by atoms with Crippen molar-refractivity contribution in [2.45, 2.75) is 32.7 Å². The highest BCUT2D eigenvalue weighted by Gasteiger charge is 2.10. The molecule has 0 saturated heterocycles. The number of hydrogen-bond acceptors (Lipinski definition) is 4. The number of hydrogen-bond donors (Lipinski definition) is 2. The number of aryl methyl sites for hydroxylation is 1. The van der Waals surface area contributed by atoms with E-state index >= 15 is 0 Å². The highest BCUT2D eigenvalue weighted by Crippen LogP contribution is 2.08. The second-order valence-electron chi connectivity index (χ2n) is 3.39. The van der Waals surface area contributed by atoms with Gasteiger partial charge in [-0.15, -0.1) is 11.3 Å². The summed E-state index contributed by atoms with van der Waals surface area (Å²) in [6.45, 7) is 3.82. The molecule has 0 bridgehead atoms. The van der Waals surface area contributed by atoms with Gasteiger partial charge in [0.25, 0.3) is 0 Å². The Morgan fingerprint density at radius 3 is 2.93 bits per heavy atom. The molecule has 1 aromatic rings. The lowest BCUT2D eigenvalue weighted by Gasteiger charge is -2.13. The van der Waals surface area contributed by atoms with Gasteiger partial charge in [-0.2, -0.15) is 0 Å². The van der Waals surface area contributed by atoms with Gasteiger partial charge in [0, 0.05) is 5.38 Å². The topological polar surface area (TPSA) is 62.2 Å². The summed E-state index contributed by atoms with van der Waals surface area (Å²) in [4.78, 5) is 15.7. The molecule has 0 fully saturated rings. The summed E-state index contributed by atoms with van der Waals surface area (Å²) in [6.07, 6.45) is 1.03. The summed E-state index contributed by atoms with van der Waals surface area (Å²) in [6, 6.07) is -0.141. The number of carbonyl (C=O) groups excluding carboxylic acids is 1. The number of nitrogens with zero attached hydrogens (tertiary/aromatic N) is 1. The van der Waals surface area contributed by atoms with E-state index in [1.807, 2.05) is 19.2 Å². The lowest BCUT2D eigenvalue weighted by Crippen LogP contribution is -2.37. The number of thiazole rings is 1. The van der Waals surface area contributed by atoms with E-state index in [1.54, 1.807) is 0 Å². The first-order valence-corrected chi connectivity index (χ1v) is 5.85. The zero-order valence-corrected chi connectivity index (χ0v) is 9.80. The van der Waals surface area contributed by atoms with Crippen LogP contribution >= 0.6 is 11.3 Å². The van der Waals surface area contributed by atoms with Gasteiger partial charge < -0.3 is 10.4 Å². The van der Waals surface area contributed by atoms with Crippen molar-refractivity contribution in [3.05, 3.63) is 16.1 Å². The van der Waals surface area contributed by atoms with Crippen LogP contribution in [0.1, 0.15) is 24.0 Å². The zero-order valence-electron chi connectivity index (χ0n) is 8.99. The third kappa shape index (κ3) is 3.97. The molecular weight excluding hydrogens is 212 g/mol.